The largest absolute Gasteiger partial charge is 0.398 e. The van der Waals surface area contributed by atoms with Crippen LogP contribution >= 0.6 is 15.9 Å². The Labute approximate surface area is 130 Å². The summed E-state index contributed by atoms with van der Waals surface area (Å²) in [6, 6.07) is 9.93. The van der Waals surface area contributed by atoms with E-state index in [0.29, 0.717) is 28.1 Å². The Balaban J connectivity index is 2.29. The van der Waals surface area contributed by atoms with E-state index < -0.39 is 5.91 Å². The van der Waals surface area contributed by atoms with Crippen LogP contribution in [0.3, 0.4) is 0 Å². The molecule has 0 radical (unpaired) electrons. The molecule has 0 aromatic heterocycles. The molecule has 2 aromatic carbocycles. The summed E-state index contributed by atoms with van der Waals surface area (Å²) in [5.74, 6) is -0.838. The molecule has 0 spiro atoms. The Hall–Kier alpha value is -2.34. The second-order valence-corrected chi connectivity index (χ2v) is 5.39. The molecule has 0 aliphatic rings. The lowest BCUT2D eigenvalue weighted by Gasteiger charge is -2.11. The van der Waals surface area contributed by atoms with E-state index in [2.05, 4.69) is 21.2 Å². The van der Waals surface area contributed by atoms with Gasteiger partial charge in [0.2, 0.25) is 5.91 Å². The maximum Gasteiger partial charge on any atom is 0.255 e. The molecule has 5 N–H and O–H groups in total. The molecule has 0 saturated heterocycles. The number of nitrogens with two attached hydrogens (primary N) is 2. The summed E-state index contributed by atoms with van der Waals surface area (Å²) in [6.07, 6.45) is 0. The second kappa shape index (κ2) is 5.97. The number of benzene rings is 2. The highest BCUT2D eigenvalue weighted by atomic mass is 79.9. The highest BCUT2D eigenvalue weighted by Crippen LogP contribution is 2.22. The molecule has 0 heterocycles. The number of hydrogen-bond acceptors (Lipinski definition) is 3. The second-order valence-electron chi connectivity index (χ2n) is 4.53. The van der Waals surface area contributed by atoms with Crippen molar-refractivity contribution in [3.63, 3.8) is 0 Å². The summed E-state index contributed by atoms with van der Waals surface area (Å²) in [5, 5.41) is 2.75. The maximum absolute atomic E-state index is 12.2. The Morgan fingerprint density at radius 2 is 1.90 bits per heavy atom. The molecule has 0 atom stereocenters. The topological polar surface area (TPSA) is 98.2 Å². The number of nitrogen functional groups attached to an aromatic ring is 1. The molecule has 0 unspecified atom stereocenters. The van der Waals surface area contributed by atoms with Crippen molar-refractivity contribution in [1.82, 2.24) is 0 Å². The quantitative estimate of drug-likeness (QED) is 0.744. The van der Waals surface area contributed by atoms with Gasteiger partial charge in [-0.3, -0.25) is 9.59 Å². The number of halogens is 1. The normalized spacial score (nSPS) is 10.2. The van der Waals surface area contributed by atoms with E-state index in [1.807, 2.05) is 0 Å². The van der Waals surface area contributed by atoms with Crippen molar-refractivity contribution in [3.05, 3.63) is 57.6 Å². The van der Waals surface area contributed by atoms with Crippen LogP contribution in [0.5, 0.6) is 0 Å². The Morgan fingerprint density at radius 1 is 1.19 bits per heavy atom. The fourth-order valence-corrected chi connectivity index (χ4v) is 2.16. The van der Waals surface area contributed by atoms with Crippen molar-refractivity contribution in [1.29, 1.82) is 0 Å². The number of amides is 2. The third-order valence-corrected chi connectivity index (χ3v) is 3.83. The maximum atomic E-state index is 12.2. The summed E-state index contributed by atoms with van der Waals surface area (Å²) in [5.41, 5.74) is 13.5. The minimum Gasteiger partial charge on any atom is -0.398 e. The molecule has 0 saturated carbocycles. The number of carbonyl (C=O) groups excluding carboxylic acids is 2. The Bertz CT molecular complexity index is 729. The predicted octanol–water partition coefficient (Wildman–Crippen LogP) is 2.69. The van der Waals surface area contributed by atoms with E-state index in [1.54, 1.807) is 43.3 Å². The smallest absolute Gasteiger partial charge is 0.255 e. The summed E-state index contributed by atoms with van der Waals surface area (Å²) in [4.78, 5) is 23.5. The Kier molecular flexibility index (Phi) is 4.28. The number of carbonyl (C=O) groups is 2. The molecule has 21 heavy (non-hydrogen) atoms. The average molecular weight is 348 g/mol. The number of anilines is 2. The van der Waals surface area contributed by atoms with Crippen molar-refractivity contribution in [3.8, 4) is 0 Å². The SMILES string of the molecule is Cc1c(NC(=O)c2ccc(Br)c(N)c2)cccc1C(N)=O. The van der Waals surface area contributed by atoms with Crippen LogP contribution in [0.2, 0.25) is 0 Å². The van der Waals surface area contributed by atoms with Crippen LogP contribution in [0.25, 0.3) is 0 Å². The van der Waals surface area contributed by atoms with Crippen molar-refractivity contribution < 1.29 is 9.59 Å². The van der Waals surface area contributed by atoms with Gasteiger partial charge in [-0.15, -0.1) is 0 Å². The molecule has 2 amide bonds. The van der Waals surface area contributed by atoms with Gasteiger partial charge in [0.1, 0.15) is 0 Å². The van der Waals surface area contributed by atoms with E-state index in [1.165, 1.54) is 0 Å². The summed E-state index contributed by atoms with van der Waals surface area (Å²) in [7, 11) is 0. The lowest BCUT2D eigenvalue weighted by atomic mass is 10.1. The fraction of sp³-hybridized carbons (Fsp3) is 0.0667. The number of hydrogen-bond donors (Lipinski definition) is 3. The zero-order valence-corrected chi connectivity index (χ0v) is 12.9. The van der Waals surface area contributed by atoms with Crippen LogP contribution in [0.15, 0.2) is 40.9 Å². The minimum absolute atomic E-state index is 0.307. The monoisotopic (exact) mass is 347 g/mol. The predicted molar refractivity (Wildman–Crippen MR) is 86.2 cm³/mol. The fourth-order valence-electron chi connectivity index (χ4n) is 1.92. The van der Waals surface area contributed by atoms with Gasteiger partial charge in [-0.25, -0.2) is 0 Å². The molecular formula is C15H14BrN3O2. The molecule has 5 nitrogen and oxygen atoms in total. The highest BCUT2D eigenvalue weighted by Gasteiger charge is 2.12. The molecule has 2 aromatic rings. The third-order valence-electron chi connectivity index (χ3n) is 3.11. The van der Waals surface area contributed by atoms with E-state index in [-0.39, 0.29) is 5.91 Å². The lowest BCUT2D eigenvalue weighted by molar-refractivity contribution is 0.0995. The van der Waals surface area contributed by atoms with Crippen LogP contribution in [0.1, 0.15) is 26.3 Å². The first-order valence-corrected chi connectivity index (χ1v) is 6.95. The van der Waals surface area contributed by atoms with Gasteiger partial charge >= 0.3 is 0 Å². The van der Waals surface area contributed by atoms with Crippen LogP contribution < -0.4 is 16.8 Å². The van der Waals surface area contributed by atoms with E-state index in [4.69, 9.17) is 11.5 Å². The first-order valence-electron chi connectivity index (χ1n) is 6.16. The van der Waals surface area contributed by atoms with E-state index in [9.17, 15) is 9.59 Å². The van der Waals surface area contributed by atoms with Gasteiger partial charge in [0.05, 0.1) is 0 Å². The molecule has 0 bridgehead atoms. The zero-order chi connectivity index (χ0) is 15.6. The molecule has 6 heteroatoms. The van der Waals surface area contributed by atoms with Crippen LogP contribution in [0, 0.1) is 6.92 Å². The van der Waals surface area contributed by atoms with Crippen LogP contribution in [-0.4, -0.2) is 11.8 Å². The number of primary amides is 1. The van der Waals surface area contributed by atoms with Crippen LogP contribution in [0.4, 0.5) is 11.4 Å². The van der Waals surface area contributed by atoms with Gasteiger partial charge in [-0.05, 0) is 58.7 Å². The standard InChI is InChI=1S/C15H14BrN3O2/c1-8-10(14(18)20)3-2-4-13(8)19-15(21)9-5-6-11(16)12(17)7-9/h2-7H,17H2,1H3,(H2,18,20)(H,19,21). The molecular weight excluding hydrogens is 334 g/mol. The van der Waals surface area contributed by atoms with Gasteiger partial charge < -0.3 is 16.8 Å². The van der Waals surface area contributed by atoms with E-state index in [0.717, 1.165) is 4.47 Å². The van der Waals surface area contributed by atoms with Gasteiger partial charge in [0.25, 0.3) is 5.91 Å². The molecule has 108 valence electrons. The first kappa shape index (κ1) is 15.1. The van der Waals surface area contributed by atoms with Gasteiger partial charge in [-0.1, -0.05) is 6.07 Å². The molecule has 0 aliphatic heterocycles. The summed E-state index contributed by atoms with van der Waals surface area (Å²) < 4.78 is 0.728. The minimum atomic E-state index is -0.531. The van der Waals surface area contributed by atoms with Crippen molar-refractivity contribution in [2.75, 3.05) is 11.1 Å². The number of nitrogens with one attached hydrogen (secondary N) is 1. The summed E-state index contributed by atoms with van der Waals surface area (Å²) >= 11 is 3.27. The molecule has 0 fully saturated rings. The van der Waals surface area contributed by atoms with Gasteiger partial charge in [0, 0.05) is 27.0 Å². The van der Waals surface area contributed by atoms with Crippen molar-refractivity contribution in [2.45, 2.75) is 6.92 Å². The van der Waals surface area contributed by atoms with E-state index >= 15 is 0 Å². The first-order chi connectivity index (χ1) is 9.90. The lowest BCUT2D eigenvalue weighted by Crippen LogP contribution is -2.17. The van der Waals surface area contributed by atoms with Gasteiger partial charge in [0.15, 0.2) is 0 Å². The summed E-state index contributed by atoms with van der Waals surface area (Å²) in [6.45, 7) is 1.73. The zero-order valence-electron chi connectivity index (χ0n) is 11.3. The van der Waals surface area contributed by atoms with Crippen molar-refractivity contribution in [2.24, 2.45) is 5.73 Å². The van der Waals surface area contributed by atoms with Gasteiger partial charge in [-0.2, -0.15) is 0 Å². The Morgan fingerprint density at radius 3 is 2.52 bits per heavy atom. The molecule has 0 aliphatic carbocycles. The van der Waals surface area contributed by atoms with Crippen LogP contribution in [-0.2, 0) is 0 Å². The third kappa shape index (κ3) is 3.22. The number of rotatable bonds is 3. The highest BCUT2D eigenvalue weighted by molar-refractivity contribution is 9.10. The molecule has 2 rings (SSSR count). The average Bonchev–Trinajstić information content (AvgIpc) is 2.43. The van der Waals surface area contributed by atoms with Crippen molar-refractivity contribution >= 4 is 39.1 Å².